The van der Waals surface area contributed by atoms with Gasteiger partial charge in [-0.25, -0.2) is 8.42 Å². The molecule has 1 aromatic heterocycles. The van der Waals surface area contributed by atoms with Gasteiger partial charge in [0, 0.05) is 6.07 Å². The predicted molar refractivity (Wildman–Crippen MR) is 70.4 cm³/mol. The second kappa shape index (κ2) is 4.70. The number of hydrogen-bond acceptors (Lipinski definition) is 4. The quantitative estimate of drug-likeness (QED) is 0.935. The fourth-order valence-corrected chi connectivity index (χ4v) is 3.38. The first-order valence-electron chi connectivity index (χ1n) is 6.20. The molecule has 2 aromatic rings. The van der Waals surface area contributed by atoms with Gasteiger partial charge < -0.3 is 4.52 Å². The van der Waals surface area contributed by atoms with Gasteiger partial charge in [0.05, 0.1) is 4.90 Å². The molecule has 0 amide bonds. The van der Waals surface area contributed by atoms with Crippen molar-refractivity contribution >= 4 is 15.8 Å². The number of sulfonamides is 1. The van der Waals surface area contributed by atoms with Crippen LogP contribution in [0.2, 0.25) is 0 Å². The van der Waals surface area contributed by atoms with Crippen molar-refractivity contribution in [3.63, 3.8) is 0 Å². The largest absolute Gasteiger partial charge is 0.363 e. The lowest BCUT2D eigenvalue weighted by Gasteiger charge is -2.16. The van der Waals surface area contributed by atoms with Gasteiger partial charge in [0.2, 0.25) is 0 Å². The maximum absolute atomic E-state index is 12.2. The van der Waals surface area contributed by atoms with Crippen LogP contribution in [0.25, 0.3) is 0 Å². The average molecular weight is 278 g/mol. The van der Waals surface area contributed by atoms with Crippen LogP contribution in [0.15, 0.2) is 39.9 Å². The van der Waals surface area contributed by atoms with Crippen LogP contribution in [0, 0.1) is 0 Å². The van der Waals surface area contributed by atoms with Gasteiger partial charge in [-0.2, -0.15) is 0 Å². The van der Waals surface area contributed by atoms with E-state index in [-0.39, 0.29) is 10.7 Å². The van der Waals surface area contributed by atoms with Crippen molar-refractivity contribution in [1.82, 2.24) is 5.16 Å². The molecule has 0 atom stereocenters. The number of fused-ring (bicyclic) bond motifs is 1. The molecule has 0 radical (unpaired) electrons. The molecule has 1 aliphatic carbocycles. The van der Waals surface area contributed by atoms with Gasteiger partial charge in [0.25, 0.3) is 10.0 Å². The van der Waals surface area contributed by atoms with E-state index in [9.17, 15) is 8.42 Å². The minimum Gasteiger partial charge on any atom is -0.363 e. The number of rotatable bonds is 3. The topological polar surface area (TPSA) is 72.2 Å². The minimum atomic E-state index is -3.59. The summed E-state index contributed by atoms with van der Waals surface area (Å²) in [5, 5.41) is 3.55. The summed E-state index contributed by atoms with van der Waals surface area (Å²) in [4.78, 5) is 0.274. The molecule has 6 heteroatoms. The van der Waals surface area contributed by atoms with Gasteiger partial charge in [-0.1, -0.05) is 11.2 Å². The maximum atomic E-state index is 12.2. The Balaban J connectivity index is 1.93. The monoisotopic (exact) mass is 278 g/mol. The number of anilines is 1. The highest BCUT2D eigenvalue weighted by atomic mass is 32.2. The fourth-order valence-electron chi connectivity index (χ4n) is 2.34. The molecule has 1 aromatic carbocycles. The minimum absolute atomic E-state index is 0.192. The number of aromatic nitrogens is 1. The van der Waals surface area contributed by atoms with Gasteiger partial charge in [-0.3, -0.25) is 4.72 Å². The molecule has 0 spiro atoms. The molecule has 0 saturated carbocycles. The van der Waals surface area contributed by atoms with Crippen molar-refractivity contribution < 1.29 is 12.9 Å². The zero-order valence-electron chi connectivity index (χ0n) is 10.3. The van der Waals surface area contributed by atoms with E-state index in [0.29, 0.717) is 0 Å². The number of aryl methyl sites for hydroxylation is 2. The lowest BCUT2D eigenvalue weighted by Crippen LogP contribution is -2.14. The van der Waals surface area contributed by atoms with E-state index in [0.717, 1.165) is 24.8 Å². The zero-order valence-corrected chi connectivity index (χ0v) is 11.1. The van der Waals surface area contributed by atoms with Crippen molar-refractivity contribution in [2.45, 2.75) is 30.6 Å². The Morgan fingerprint density at radius 3 is 2.63 bits per heavy atom. The van der Waals surface area contributed by atoms with Crippen molar-refractivity contribution in [1.29, 1.82) is 0 Å². The molecule has 0 unspecified atom stereocenters. The van der Waals surface area contributed by atoms with Gasteiger partial charge in [0.1, 0.15) is 6.26 Å². The smallest absolute Gasteiger partial charge is 0.263 e. The maximum Gasteiger partial charge on any atom is 0.263 e. The van der Waals surface area contributed by atoms with Gasteiger partial charge in [-0.05, 0) is 48.9 Å². The van der Waals surface area contributed by atoms with Crippen LogP contribution in [0.5, 0.6) is 0 Å². The first kappa shape index (κ1) is 12.2. The third-order valence-corrected chi connectivity index (χ3v) is 4.66. The van der Waals surface area contributed by atoms with Crippen LogP contribution >= 0.6 is 0 Å². The summed E-state index contributed by atoms with van der Waals surface area (Å²) < 4.78 is 31.4. The van der Waals surface area contributed by atoms with Gasteiger partial charge in [0.15, 0.2) is 5.82 Å². The molecule has 0 saturated heterocycles. The van der Waals surface area contributed by atoms with Crippen molar-refractivity contribution in [2.24, 2.45) is 0 Å². The third-order valence-electron chi connectivity index (χ3n) is 3.31. The summed E-state index contributed by atoms with van der Waals surface area (Å²) in [7, 11) is -3.59. The average Bonchev–Trinajstić information content (AvgIpc) is 2.90. The zero-order chi connectivity index (χ0) is 13.3. The second-order valence-electron chi connectivity index (χ2n) is 4.63. The first-order chi connectivity index (χ1) is 9.15. The molecular weight excluding hydrogens is 264 g/mol. The van der Waals surface area contributed by atoms with E-state index in [1.807, 2.05) is 6.07 Å². The Morgan fingerprint density at radius 1 is 1.11 bits per heavy atom. The standard InChI is InChI=1S/C13H14N2O3S/c16-19(17,15-13-7-8-18-14-13)12-6-5-10-3-1-2-4-11(10)9-12/h5-9H,1-4H2,(H,14,15). The number of nitrogens with zero attached hydrogens (tertiary/aromatic N) is 1. The first-order valence-corrected chi connectivity index (χ1v) is 7.68. The van der Waals surface area contributed by atoms with Crippen LogP contribution in [0.3, 0.4) is 0 Å². The van der Waals surface area contributed by atoms with E-state index in [2.05, 4.69) is 14.4 Å². The molecule has 100 valence electrons. The van der Waals surface area contributed by atoms with Gasteiger partial charge >= 0.3 is 0 Å². The summed E-state index contributed by atoms with van der Waals surface area (Å²) in [6.07, 6.45) is 5.60. The Bertz CT molecular complexity index is 678. The Labute approximate surface area is 111 Å². The SMILES string of the molecule is O=S(=O)(Nc1ccon1)c1ccc2c(c1)CCCC2. The molecular formula is C13H14N2O3S. The molecule has 5 nitrogen and oxygen atoms in total. The molecule has 0 aliphatic heterocycles. The van der Waals surface area contributed by atoms with Crippen LogP contribution in [0.1, 0.15) is 24.0 Å². The molecule has 0 fully saturated rings. The van der Waals surface area contributed by atoms with E-state index >= 15 is 0 Å². The summed E-state index contributed by atoms with van der Waals surface area (Å²) in [6.45, 7) is 0. The summed E-state index contributed by atoms with van der Waals surface area (Å²) in [5.41, 5.74) is 2.39. The van der Waals surface area contributed by atoms with Crippen LogP contribution in [-0.4, -0.2) is 13.6 Å². The van der Waals surface area contributed by atoms with Crippen molar-refractivity contribution in [2.75, 3.05) is 4.72 Å². The highest BCUT2D eigenvalue weighted by molar-refractivity contribution is 7.92. The Morgan fingerprint density at radius 2 is 1.89 bits per heavy atom. The van der Waals surface area contributed by atoms with Gasteiger partial charge in [-0.15, -0.1) is 0 Å². The molecule has 0 bridgehead atoms. The van der Waals surface area contributed by atoms with Crippen molar-refractivity contribution in [3.8, 4) is 0 Å². The molecule has 1 aliphatic rings. The van der Waals surface area contributed by atoms with Crippen molar-refractivity contribution in [3.05, 3.63) is 41.7 Å². The van der Waals surface area contributed by atoms with Crippen LogP contribution < -0.4 is 4.72 Å². The summed E-state index contributed by atoms with van der Waals surface area (Å²) >= 11 is 0. The molecule has 19 heavy (non-hydrogen) atoms. The molecule has 3 rings (SSSR count). The Hall–Kier alpha value is -1.82. The van der Waals surface area contributed by atoms with E-state index < -0.39 is 10.0 Å². The lowest BCUT2D eigenvalue weighted by molar-refractivity contribution is 0.423. The van der Waals surface area contributed by atoms with Crippen LogP contribution in [0.4, 0.5) is 5.82 Å². The fraction of sp³-hybridized carbons (Fsp3) is 0.308. The van der Waals surface area contributed by atoms with Crippen LogP contribution in [-0.2, 0) is 22.9 Å². The number of hydrogen-bond donors (Lipinski definition) is 1. The number of nitrogens with one attached hydrogen (secondary N) is 1. The van der Waals surface area contributed by atoms with E-state index in [1.54, 1.807) is 12.1 Å². The van der Waals surface area contributed by atoms with E-state index in [1.165, 1.54) is 24.3 Å². The molecule has 1 N–H and O–H groups in total. The third kappa shape index (κ3) is 2.49. The highest BCUT2D eigenvalue weighted by Gasteiger charge is 2.18. The molecule has 1 heterocycles. The summed E-state index contributed by atoms with van der Waals surface area (Å²) in [5.74, 6) is 0.192. The lowest BCUT2D eigenvalue weighted by atomic mass is 9.92. The highest BCUT2D eigenvalue weighted by Crippen LogP contribution is 2.24. The number of benzene rings is 1. The summed E-state index contributed by atoms with van der Waals surface area (Å²) in [6, 6.07) is 6.78. The Kier molecular flexibility index (Phi) is 3.02. The normalized spacial score (nSPS) is 14.9. The predicted octanol–water partition coefficient (Wildman–Crippen LogP) is 2.35. The van der Waals surface area contributed by atoms with E-state index in [4.69, 9.17) is 0 Å². The second-order valence-corrected chi connectivity index (χ2v) is 6.31.